The van der Waals surface area contributed by atoms with E-state index in [9.17, 15) is 13.5 Å². The first-order valence-corrected chi connectivity index (χ1v) is 12.3. The van der Waals surface area contributed by atoms with Crippen molar-refractivity contribution in [3.8, 4) is 17.6 Å². The monoisotopic (exact) mass is 451 g/mol. The fraction of sp³-hybridized carbons (Fsp3) is 0.652. The van der Waals surface area contributed by atoms with Crippen molar-refractivity contribution in [2.24, 2.45) is 5.92 Å². The lowest BCUT2D eigenvalue weighted by molar-refractivity contribution is 0.0752. The van der Waals surface area contributed by atoms with E-state index in [0.29, 0.717) is 30.9 Å². The maximum absolute atomic E-state index is 13.5. The van der Waals surface area contributed by atoms with E-state index in [0.717, 1.165) is 13.0 Å². The van der Waals surface area contributed by atoms with Gasteiger partial charge in [0.2, 0.25) is 10.0 Å². The minimum absolute atomic E-state index is 0.0558. The number of rotatable bonds is 7. The second kappa shape index (κ2) is 11.3. The predicted octanol–water partition coefficient (Wildman–Crippen LogP) is 1.71. The molecule has 1 aromatic rings. The van der Waals surface area contributed by atoms with E-state index >= 15 is 0 Å². The van der Waals surface area contributed by atoms with E-state index in [-0.39, 0.29) is 23.5 Å². The number of nitrogens with zero attached hydrogens (tertiary/aromatic N) is 3. The molecule has 2 rings (SSSR count). The third kappa shape index (κ3) is 6.67. The zero-order chi connectivity index (χ0) is 23.2. The Hall–Kier alpha value is -1.63. The van der Waals surface area contributed by atoms with Crippen molar-refractivity contribution in [2.75, 3.05) is 53.9 Å². The molecule has 1 aliphatic rings. The molecule has 0 spiro atoms. The number of ether oxygens (including phenoxy) is 1. The van der Waals surface area contributed by atoms with Crippen LogP contribution in [0.4, 0.5) is 0 Å². The first-order chi connectivity index (χ1) is 14.6. The van der Waals surface area contributed by atoms with Crippen molar-refractivity contribution >= 4 is 10.0 Å². The molecule has 1 aromatic carbocycles. The van der Waals surface area contributed by atoms with Gasteiger partial charge in [0.15, 0.2) is 0 Å². The van der Waals surface area contributed by atoms with Crippen LogP contribution in [0.15, 0.2) is 23.1 Å². The Kier molecular flexibility index (Phi) is 9.34. The van der Waals surface area contributed by atoms with Crippen LogP contribution in [0, 0.1) is 17.8 Å². The van der Waals surface area contributed by atoms with Gasteiger partial charge in [-0.05, 0) is 59.2 Å². The molecular weight excluding hydrogens is 414 g/mol. The van der Waals surface area contributed by atoms with Crippen LogP contribution in [0.5, 0.6) is 5.75 Å². The molecule has 0 bridgehead atoms. The van der Waals surface area contributed by atoms with Crippen molar-refractivity contribution < 1.29 is 18.3 Å². The van der Waals surface area contributed by atoms with Gasteiger partial charge in [-0.1, -0.05) is 25.7 Å². The minimum atomic E-state index is -3.82. The average Bonchev–Trinajstić information content (AvgIpc) is 2.70. The topological polar surface area (TPSA) is 73.3 Å². The first kappa shape index (κ1) is 25.6. The van der Waals surface area contributed by atoms with Gasteiger partial charge in [0.25, 0.3) is 0 Å². The number of aliphatic hydroxyl groups is 1. The summed E-state index contributed by atoms with van der Waals surface area (Å²) in [6, 6.07) is 4.49. The van der Waals surface area contributed by atoms with Crippen LogP contribution in [0.2, 0.25) is 0 Å². The summed E-state index contributed by atoms with van der Waals surface area (Å²) in [6.45, 7) is 8.14. The van der Waals surface area contributed by atoms with Gasteiger partial charge in [-0.3, -0.25) is 4.90 Å². The molecule has 1 aliphatic heterocycles. The van der Waals surface area contributed by atoms with Crippen molar-refractivity contribution in [1.82, 2.24) is 14.1 Å². The molecule has 0 aliphatic carbocycles. The standard InChI is InChI=1S/C23H37N3O4S/c1-7-12-25(6)16-22-18(2)15-26(19(3)17-27)31(28,29)23-11-10-20(14-21(23)30-22)9-8-13-24(4)5/h10-11,14,18-19,22,27H,7,12-13,15-17H2,1-6H3/t18-,19+,22-/m1/s1. The summed E-state index contributed by atoms with van der Waals surface area (Å²) in [5.41, 5.74) is 0.714. The van der Waals surface area contributed by atoms with E-state index in [4.69, 9.17) is 4.74 Å². The molecular formula is C23H37N3O4S. The van der Waals surface area contributed by atoms with Crippen LogP contribution in [-0.2, 0) is 10.0 Å². The van der Waals surface area contributed by atoms with Gasteiger partial charge in [0.1, 0.15) is 16.7 Å². The fourth-order valence-electron chi connectivity index (χ4n) is 3.60. The molecule has 3 atom stereocenters. The number of fused-ring (bicyclic) bond motifs is 1. The van der Waals surface area contributed by atoms with E-state index in [1.807, 2.05) is 33.0 Å². The van der Waals surface area contributed by atoms with E-state index in [2.05, 4.69) is 23.7 Å². The van der Waals surface area contributed by atoms with Gasteiger partial charge in [0.05, 0.1) is 13.2 Å². The Morgan fingerprint density at radius 2 is 2.03 bits per heavy atom. The number of sulfonamides is 1. The molecule has 0 saturated carbocycles. The number of aliphatic hydroxyl groups excluding tert-OH is 1. The largest absolute Gasteiger partial charge is 0.487 e. The molecule has 0 radical (unpaired) electrons. The predicted molar refractivity (Wildman–Crippen MR) is 124 cm³/mol. The molecule has 0 unspecified atom stereocenters. The van der Waals surface area contributed by atoms with E-state index in [1.165, 1.54) is 4.31 Å². The van der Waals surface area contributed by atoms with Crippen molar-refractivity contribution in [3.63, 3.8) is 0 Å². The molecule has 8 heteroatoms. The lowest BCUT2D eigenvalue weighted by atomic mass is 10.0. The summed E-state index contributed by atoms with van der Waals surface area (Å²) in [7, 11) is 2.12. The van der Waals surface area contributed by atoms with Gasteiger partial charge in [-0.25, -0.2) is 8.42 Å². The second-order valence-electron chi connectivity index (χ2n) is 8.70. The quantitative estimate of drug-likeness (QED) is 0.637. The third-order valence-corrected chi connectivity index (χ3v) is 7.41. The van der Waals surface area contributed by atoms with Gasteiger partial charge in [0, 0.05) is 30.6 Å². The van der Waals surface area contributed by atoms with Crippen LogP contribution >= 0.6 is 0 Å². The number of hydrogen-bond donors (Lipinski definition) is 1. The van der Waals surface area contributed by atoms with Gasteiger partial charge in [-0.2, -0.15) is 4.31 Å². The Balaban J connectivity index is 2.52. The number of likely N-dealkylation sites (N-methyl/N-ethyl adjacent to an activating group) is 1. The van der Waals surface area contributed by atoms with E-state index < -0.39 is 16.1 Å². The van der Waals surface area contributed by atoms with Crippen LogP contribution in [0.3, 0.4) is 0 Å². The van der Waals surface area contributed by atoms with Crippen LogP contribution in [0.25, 0.3) is 0 Å². The SMILES string of the molecule is CCCN(C)C[C@H]1Oc2cc(C#CCN(C)C)ccc2S(=O)(=O)N([C@@H](C)CO)C[C@H]1C. The van der Waals surface area contributed by atoms with Crippen molar-refractivity contribution in [1.29, 1.82) is 0 Å². The van der Waals surface area contributed by atoms with Crippen LogP contribution in [-0.4, -0.2) is 93.7 Å². The fourth-order valence-corrected chi connectivity index (χ4v) is 5.43. The maximum atomic E-state index is 13.5. The molecule has 174 valence electrons. The van der Waals surface area contributed by atoms with Crippen molar-refractivity contribution in [3.05, 3.63) is 23.8 Å². The second-order valence-corrected chi connectivity index (χ2v) is 10.6. The average molecular weight is 452 g/mol. The molecule has 0 amide bonds. The van der Waals surface area contributed by atoms with E-state index in [1.54, 1.807) is 25.1 Å². The summed E-state index contributed by atoms with van der Waals surface area (Å²) in [6.07, 6.45) is 0.839. The van der Waals surface area contributed by atoms with Crippen LogP contribution in [0.1, 0.15) is 32.8 Å². The summed E-state index contributed by atoms with van der Waals surface area (Å²) >= 11 is 0. The van der Waals surface area contributed by atoms with Gasteiger partial charge < -0.3 is 14.7 Å². The maximum Gasteiger partial charge on any atom is 0.247 e. The molecule has 0 aromatic heterocycles. The Morgan fingerprint density at radius 3 is 2.65 bits per heavy atom. The molecule has 0 fully saturated rings. The number of benzene rings is 1. The first-order valence-electron chi connectivity index (χ1n) is 10.9. The highest BCUT2D eigenvalue weighted by molar-refractivity contribution is 7.89. The third-order valence-electron chi connectivity index (χ3n) is 5.39. The Morgan fingerprint density at radius 1 is 1.32 bits per heavy atom. The molecule has 31 heavy (non-hydrogen) atoms. The lowest BCUT2D eigenvalue weighted by Gasteiger charge is -2.37. The highest BCUT2D eigenvalue weighted by Gasteiger charge is 2.38. The normalized spacial score (nSPS) is 22.1. The highest BCUT2D eigenvalue weighted by atomic mass is 32.2. The molecule has 0 saturated heterocycles. The summed E-state index contributed by atoms with van der Waals surface area (Å²) in [5.74, 6) is 6.44. The molecule has 1 heterocycles. The van der Waals surface area contributed by atoms with Gasteiger partial charge >= 0.3 is 0 Å². The molecule has 7 nitrogen and oxygen atoms in total. The van der Waals surface area contributed by atoms with Gasteiger partial charge in [-0.15, -0.1) is 0 Å². The highest BCUT2D eigenvalue weighted by Crippen LogP contribution is 2.34. The summed E-state index contributed by atoms with van der Waals surface area (Å²) in [5, 5.41) is 9.72. The van der Waals surface area contributed by atoms with Crippen molar-refractivity contribution in [2.45, 2.75) is 44.2 Å². The molecule has 1 N–H and O–H groups in total. The zero-order valence-electron chi connectivity index (χ0n) is 19.6. The summed E-state index contributed by atoms with van der Waals surface area (Å²) < 4.78 is 34.7. The van der Waals surface area contributed by atoms with Crippen LogP contribution < -0.4 is 4.74 Å². The summed E-state index contributed by atoms with van der Waals surface area (Å²) in [4.78, 5) is 4.30. The zero-order valence-corrected chi connectivity index (χ0v) is 20.4. The Labute approximate surface area is 188 Å². The lowest BCUT2D eigenvalue weighted by Crippen LogP contribution is -2.49. The smallest absolute Gasteiger partial charge is 0.247 e. The number of hydrogen-bond acceptors (Lipinski definition) is 6. The Bertz CT molecular complexity index is 892. The minimum Gasteiger partial charge on any atom is -0.487 e.